The number of carbonyl (C=O) groups excluding carboxylic acids is 2. The predicted octanol–water partition coefficient (Wildman–Crippen LogP) is 6.68. The largest absolute Gasteiger partial charge is 0.389 e. The van der Waals surface area contributed by atoms with Crippen molar-refractivity contribution in [3.05, 3.63) is 100 Å². The third-order valence-electron chi connectivity index (χ3n) is 8.64. The maximum atomic E-state index is 14.1. The molecule has 0 spiro atoms. The van der Waals surface area contributed by atoms with Crippen molar-refractivity contribution in [3.8, 4) is 6.07 Å². The SMILES string of the molecule is CCCN(CCC)C(=O)c1cc(C)cc(C(=O)N[C@@H](Cc2cc(F)cc(F)c2)[C@H](O)CNc2ccc(C3(C#N)CCCC3)cc2)c1. The molecule has 3 N–H and O–H groups in total. The van der Waals surface area contributed by atoms with E-state index in [0.29, 0.717) is 18.7 Å². The van der Waals surface area contributed by atoms with E-state index in [1.807, 2.05) is 38.1 Å². The number of benzene rings is 3. The highest BCUT2D eigenvalue weighted by Crippen LogP contribution is 2.40. The number of nitriles is 1. The van der Waals surface area contributed by atoms with Crippen LogP contribution in [0.25, 0.3) is 0 Å². The van der Waals surface area contributed by atoms with Crippen LogP contribution in [0.5, 0.6) is 0 Å². The predicted molar refractivity (Wildman–Crippen MR) is 176 cm³/mol. The van der Waals surface area contributed by atoms with Crippen molar-refractivity contribution in [1.82, 2.24) is 10.2 Å². The Morgan fingerprint density at radius 3 is 2.15 bits per heavy atom. The zero-order chi connectivity index (χ0) is 33.3. The van der Waals surface area contributed by atoms with Gasteiger partial charge in [0.05, 0.1) is 23.6 Å². The number of anilines is 1. The van der Waals surface area contributed by atoms with Crippen molar-refractivity contribution >= 4 is 17.5 Å². The Balaban J connectivity index is 1.53. The summed E-state index contributed by atoms with van der Waals surface area (Å²) in [5.41, 5.74) is 2.89. The Morgan fingerprint density at radius 1 is 0.957 bits per heavy atom. The molecular weight excluding hydrogens is 586 g/mol. The van der Waals surface area contributed by atoms with Gasteiger partial charge in [0.15, 0.2) is 0 Å². The zero-order valence-electron chi connectivity index (χ0n) is 26.9. The van der Waals surface area contributed by atoms with Crippen molar-refractivity contribution in [2.45, 2.75) is 83.3 Å². The fraction of sp³-hybridized carbons (Fsp3) is 0.432. The molecule has 0 saturated heterocycles. The number of aliphatic hydroxyl groups is 1. The average molecular weight is 631 g/mol. The maximum absolute atomic E-state index is 14.1. The molecule has 0 bridgehead atoms. The molecule has 0 heterocycles. The molecule has 0 aliphatic heterocycles. The third kappa shape index (κ3) is 8.70. The Kier molecular flexibility index (Phi) is 11.9. The molecule has 3 aromatic carbocycles. The van der Waals surface area contributed by atoms with Gasteiger partial charge in [0.25, 0.3) is 11.8 Å². The van der Waals surface area contributed by atoms with Crippen LogP contribution in [0.15, 0.2) is 60.7 Å². The topological polar surface area (TPSA) is 105 Å². The number of aliphatic hydroxyl groups excluding tert-OH is 1. The molecule has 3 aromatic rings. The van der Waals surface area contributed by atoms with Crippen molar-refractivity contribution in [2.75, 3.05) is 25.0 Å². The summed E-state index contributed by atoms with van der Waals surface area (Å²) < 4.78 is 28.1. The van der Waals surface area contributed by atoms with Crippen LogP contribution in [-0.4, -0.2) is 53.6 Å². The molecule has 1 aliphatic carbocycles. The first-order valence-corrected chi connectivity index (χ1v) is 16.2. The minimum absolute atomic E-state index is 0.0338. The van der Waals surface area contributed by atoms with Crippen LogP contribution < -0.4 is 10.6 Å². The van der Waals surface area contributed by atoms with Gasteiger partial charge in [0.1, 0.15) is 11.6 Å². The first-order chi connectivity index (χ1) is 22.1. The molecule has 2 amide bonds. The summed E-state index contributed by atoms with van der Waals surface area (Å²) in [7, 11) is 0. The van der Waals surface area contributed by atoms with Crippen molar-refractivity contribution in [2.24, 2.45) is 0 Å². The summed E-state index contributed by atoms with van der Waals surface area (Å²) in [5, 5.41) is 27.1. The molecule has 1 aliphatic rings. The van der Waals surface area contributed by atoms with Gasteiger partial charge >= 0.3 is 0 Å². The number of carbonyl (C=O) groups is 2. The summed E-state index contributed by atoms with van der Waals surface area (Å²) in [5.74, 6) is -2.18. The van der Waals surface area contributed by atoms with E-state index in [0.717, 1.165) is 61.4 Å². The third-order valence-corrected chi connectivity index (χ3v) is 8.64. The van der Waals surface area contributed by atoms with Crippen LogP contribution in [0.3, 0.4) is 0 Å². The van der Waals surface area contributed by atoms with Gasteiger partial charge in [-0.05, 0) is 98.2 Å². The van der Waals surface area contributed by atoms with Crippen LogP contribution in [0.2, 0.25) is 0 Å². The quantitative estimate of drug-likeness (QED) is 0.184. The second-order valence-electron chi connectivity index (χ2n) is 12.4. The number of nitrogens with zero attached hydrogens (tertiary/aromatic N) is 2. The minimum atomic E-state index is -1.15. The fourth-order valence-electron chi connectivity index (χ4n) is 6.31. The molecule has 46 heavy (non-hydrogen) atoms. The van der Waals surface area contributed by atoms with Gasteiger partial charge in [0.2, 0.25) is 0 Å². The molecule has 9 heteroatoms. The summed E-state index contributed by atoms with van der Waals surface area (Å²) in [6.07, 6.45) is 4.16. The molecule has 0 aromatic heterocycles. The van der Waals surface area contributed by atoms with Gasteiger partial charge in [-0.1, -0.05) is 38.8 Å². The van der Waals surface area contributed by atoms with Gasteiger partial charge in [-0.2, -0.15) is 5.26 Å². The second kappa shape index (κ2) is 15.8. The number of hydrogen-bond donors (Lipinski definition) is 3. The van der Waals surface area contributed by atoms with Crippen molar-refractivity contribution in [3.63, 3.8) is 0 Å². The van der Waals surface area contributed by atoms with Crippen LogP contribution in [0, 0.1) is 29.9 Å². The number of nitrogens with one attached hydrogen (secondary N) is 2. The molecule has 244 valence electrons. The highest BCUT2D eigenvalue weighted by molar-refractivity contribution is 6.00. The molecule has 0 radical (unpaired) electrons. The smallest absolute Gasteiger partial charge is 0.253 e. The Labute approximate surface area is 270 Å². The van der Waals surface area contributed by atoms with Gasteiger partial charge in [0, 0.05) is 42.5 Å². The maximum Gasteiger partial charge on any atom is 0.253 e. The van der Waals surface area contributed by atoms with E-state index in [9.17, 15) is 28.7 Å². The molecule has 7 nitrogen and oxygen atoms in total. The first-order valence-electron chi connectivity index (χ1n) is 16.2. The number of aryl methyl sites for hydroxylation is 1. The van der Waals surface area contributed by atoms with Crippen LogP contribution >= 0.6 is 0 Å². The normalized spacial score (nSPS) is 15.1. The van der Waals surface area contributed by atoms with E-state index >= 15 is 0 Å². The molecule has 1 saturated carbocycles. The van der Waals surface area contributed by atoms with Gasteiger partial charge in [-0.25, -0.2) is 8.78 Å². The lowest BCUT2D eigenvalue weighted by Gasteiger charge is -2.26. The van der Waals surface area contributed by atoms with Crippen molar-refractivity contribution in [1.29, 1.82) is 5.26 Å². The Morgan fingerprint density at radius 2 is 1.57 bits per heavy atom. The van der Waals surface area contributed by atoms with Crippen LogP contribution in [-0.2, 0) is 11.8 Å². The zero-order valence-corrected chi connectivity index (χ0v) is 26.9. The fourth-order valence-corrected chi connectivity index (χ4v) is 6.31. The number of hydrogen-bond acceptors (Lipinski definition) is 5. The van der Waals surface area contributed by atoms with E-state index < -0.39 is 35.1 Å². The Hall–Kier alpha value is -4.29. The lowest BCUT2D eigenvalue weighted by molar-refractivity contribution is 0.0755. The second-order valence-corrected chi connectivity index (χ2v) is 12.4. The minimum Gasteiger partial charge on any atom is -0.389 e. The molecule has 2 atom stereocenters. The molecular formula is C37H44F2N4O3. The summed E-state index contributed by atoms with van der Waals surface area (Å²) in [6.45, 7) is 7.06. The van der Waals surface area contributed by atoms with Gasteiger partial charge in [-0.15, -0.1) is 0 Å². The van der Waals surface area contributed by atoms with Crippen molar-refractivity contribution < 1.29 is 23.5 Å². The molecule has 0 unspecified atom stereocenters. The summed E-state index contributed by atoms with van der Waals surface area (Å²) >= 11 is 0. The first kappa shape index (κ1) is 34.6. The highest BCUT2D eigenvalue weighted by atomic mass is 19.1. The highest BCUT2D eigenvalue weighted by Gasteiger charge is 2.35. The van der Waals surface area contributed by atoms with Crippen LogP contribution in [0.4, 0.5) is 14.5 Å². The molecule has 1 fully saturated rings. The van der Waals surface area contributed by atoms with E-state index in [4.69, 9.17) is 0 Å². The average Bonchev–Trinajstić information content (AvgIpc) is 3.53. The van der Waals surface area contributed by atoms with E-state index in [2.05, 4.69) is 16.7 Å². The number of halogens is 2. The number of amides is 2. The van der Waals surface area contributed by atoms with E-state index in [-0.39, 0.29) is 30.0 Å². The lowest BCUT2D eigenvalue weighted by Crippen LogP contribution is -2.47. The number of rotatable bonds is 14. The lowest BCUT2D eigenvalue weighted by atomic mass is 9.80. The van der Waals surface area contributed by atoms with Gasteiger partial charge in [-0.3, -0.25) is 9.59 Å². The molecule has 4 rings (SSSR count). The summed E-state index contributed by atoms with van der Waals surface area (Å²) in [6, 6.07) is 17.2. The van der Waals surface area contributed by atoms with E-state index in [1.165, 1.54) is 12.1 Å². The van der Waals surface area contributed by atoms with Gasteiger partial charge < -0.3 is 20.6 Å². The standard InChI is InChI=1S/C37H44F2N4O3/c1-4-14-43(15-5-2)36(46)28-17-25(3)16-27(21-28)35(45)42-33(20-26-18-30(38)22-31(39)19-26)34(44)23-41-32-10-8-29(9-11-32)37(24-40)12-6-7-13-37/h8-11,16-19,21-22,33-34,41,44H,4-7,12-15,20,23H2,1-3H3,(H,42,45)/t33-,34+/m0/s1. The van der Waals surface area contributed by atoms with E-state index in [1.54, 1.807) is 30.0 Å². The Bertz CT molecular complexity index is 1520. The monoisotopic (exact) mass is 630 g/mol. The summed E-state index contributed by atoms with van der Waals surface area (Å²) in [4.78, 5) is 28.7. The van der Waals surface area contributed by atoms with Crippen LogP contribution in [0.1, 0.15) is 89.8 Å².